The number of carbonyl (C=O) groups excluding carboxylic acids is 1. The third-order valence-electron chi connectivity index (χ3n) is 5.57. The van der Waals surface area contributed by atoms with Crippen LogP contribution in [0, 0.1) is 0 Å². The molecule has 0 fully saturated rings. The van der Waals surface area contributed by atoms with Gasteiger partial charge in [-0.15, -0.1) is 0 Å². The summed E-state index contributed by atoms with van der Waals surface area (Å²) in [6.07, 6.45) is 1.76. The zero-order valence-electron chi connectivity index (χ0n) is 18.7. The SMILES string of the molecule is CCN(CC)CCn1c(NC(=O)c2ccn(-c3ccc(OC)cc3)n2)nc2ccccc21. The van der Waals surface area contributed by atoms with E-state index in [9.17, 15) is 4.79 Å². The number of nitrogens with zero attached hydrogens (tertiary/aromatic N) is 5. The number of benzene rings is 2. The highest BCUT2D eigenvalue weighted by molar-refractivity contribution is 6.02. The van der Waals surface area contributed by atoms with E-state index in [1.165, 1.54) is 0 Å². The van der Waals surface area contributed by atoms with E-state index in [4.69, 9.17) is 4.74 Å². The molecule has 8 heteroatoms. The first-order chi connectivity index (χ1) is 15.6. The van der Waals surface area contributed by atoms with Crippen LogP contribution in [-0.4, -0.2) is 56.9 Å². The van der Waals surface area contributed by atoms with Crippen molar-refractivity contribution in [1.82, 2.24) is 24.2 Å². The fourth-order valence-corrected chi connectivity index (χ4v) is 3.67. The summed E-state index contributed by atoms with van der Waals surface area (Å²) in [6.45, 7) is 7.87. The van der Waals surface area contributed by atoms with Crippen molar-refractivity contribution in [1.29, 1.82) is 0 Å². The van der Waals surface area contributed by atoms with E-state index in [1.807, 2.05) is 48.5 Å². The van der Waals surface area contributed by atoms with E-state index in [0.717, 1.165) is 48.6 Å². The Morgan fingerprint density at radius 1 is 1.06 bits per heavy atom. The zero-order chi connectivity index (χ0) is 22.5. The second kappa shape index (κ2) is 9.65. The van der Waals surface area contributed by atoms with E-state index in [0.29, 0.717) is 11.6 Å². The molecule has 0 unspecified atom stereocenters. The third-order valence-corrected chi connectivity index (χ3v) is 5.57. The number of methoxy groups -OCH3 is 1. The number of rotatable bonds is 9. The van der Waals surface area contributed by atoms with Crippen molar-refractivity contribution in [3.05, 3.63) is 66.5 Å². The van der Waals surface area contributed by atoms with E-state index in [2.05, 4.69) is 38.7 Å². The topological polar surface area (TPSA) is 77.2 Å². The van der Waals surface area contributed by atoms with Gasteiger partial charge in [-0.1, -0.05) is 26.0 Å². The standard InChI is InChI=1S/C24H28N6O2/c1-4-28(5-2)16-17-29-22-9-7-6-8-20(22)25-24(29)26-23(31)21-14-15-30(27-21)18-10-12-19(32-3)13-11-18/h6-15H,4-5,16-17H2,1-3H3,(H,25,26,31). The lowest BCUT2D eigenvalue weighted by Gasteiger charge is -2.19. The smallest absolute Gasteiger partial charge is 0.278 e. The van der Waals surface area contributed by atoms with Gasteiger partial charge in [-0.05, 0) is 55.6 Å². The highest BCUT2D eigenvalue weighted by Gasteiger charge is 2.17. The number of imidazole rings is 1. The summed E-state index contributed by atoms with van der Waals surface area (Å²) in [5.74, 6) is 1.00. The van der Waals surface area contributed by atoms with Crippen LogP contribution in [0.1, 0.15) is 24.3 Å². The molecule has 2 aromatic carbocycles. The quantitative estimate of drug-likeness (QED) is 0.435. The molecule has 166 valence electrons. The highest BCUT2D eigenvalue weighted by atomic mass is 16.5. The van der Waals surface area contributed by atoms with Gasteiger partial charge in [0.1, 0.15) is 5.75 Å². The summed E-state index contributed by atoms with van der Waals surface area (Å²) in [5, 5.41) is 7.39. The lowest BCUT2D eigenvalue weighted by molar-refractivity contribution is 0.102. The molecule has 0 radical (unpaired) electrons. The molecule has 0 bridgehead atoms. The molecular formula is C24H28N6O2. The number of anilines is 1. The van der Waals surface area contributed by atoms with E-state index in [-0.39, 0.29) is 5.91 Å². The Morgan fingerprint density at radius 3 is 2.53 bits per heavy atom. The van der Waals surface area contributed by atoms with Gasteiger partial charge in [0.05, 0.1) is 23.8 Å². The van der Waals surface area contributed by atoms with Crippen molar-refractivity contribution in [2.24, 2.45) is 0 Å². The van der Waals surface area contributed by atoms with Crippen LogP contribution in [0.4, 0.5) is 5.95 Å². The van der Waals surface area contributed by atoms with Gasteiger partial charge in [0.25, 0.3) is 5.91 Å². The number of amides is 1. The molecule has 4 rings (SSSR count). The summed E-state index contributed by atoms with van der Waals surface area (Å²) in [5.41, 5.74) is 3.02. The van der Waals surface area contributed by atoms with Crippen LogP contribution >= 0.6 is 0 Å². The Balaban J connectivity index is 1.55. The first-order valence-electron chi connectivity index (χ1n) is 10.8. The Hall–Kier alpha value is -3.65. The average molecular weight is 433 g/mol. The Morgan fingerprint density at radius 2 is 1.81 bits per heavy atom. The number of aromatic nitrogens is 4. The summed E-state index contributed by atoms with van der Waals surface area (Å²) in [7, 11) is 1.63. The summed E-state index contributed by atoms with van der Waals surface area (Å²) in [6, 6.07) is 17.1. The van der Waals surface area contributed by atoms with Gasteiger partial charge < -0.3 is 14.2 Å². The molecule has 8 nitrogen and oxygen atoms in total. The maximum absolute atomic E-state index is 13.0. The fourth-order valence-electron chi connectivity index (χ4n) is 3.67. The van der Waals surface area contributed by atoms with Gasteiger partial charge in [-0.3, -0.25) is 10.1 Å². The van der Waals surface area contributed by atoms with Crippen molar-refractivity contribution in [2.75, 3.05) is 32.1 Å². The van der Waals surface area contributed by atoms with Gasteiger partial charge in [0.2, 0.25) is 5.95 Å². The number of hydrogen-bond acceptors (Lipinski definition) is 5. The molecule has 0 aliphatic heterocycles. The Labute approximate surface area is 187 Å². The number of ether oxygens (including phenoxy) is 1. The molecule has 32 heavy (non-hydrogen) atoms. The van der Waals surface area contributed by atoms with Crippen LogP contribution in [0.3, 0.4) is 0 Å². The highest BCUT2D eigenvalue weighted by Crippen LogP contribution is 2.20. The van der Waals surface area contributed by atoms with Crippen molar-refractivity contribution in [2.45, 2.75) is 20.4 Å². The molecule has 1 amide bonds. The van der Waals surface area contributed by atoms with Crippen molar-refractivity contribution >= 4 is 22.9 Å². The average Bonchev–Trinajstić information content (AvgIpc) is 3.45. The van der Waals surface area contributed by atoms with Crippen LogP contribution in [-0.2, 0) is 6.54 Å². The van der Waals surface area contributed by atoms with Crippen molar-refractivity contribution in [3.63, 3.8) is 0 Å². The minimum atomic E-state index is -0.295. The lowest BCUT2D eigenvalue weighted by Crippen LogP contribution is -2.27. The van der Waals surface area contributed by atoms with Crippen LogP contribution < -0.4 is 10.1 Å². The molecule has 0 spiro atoms. The Bertz CT molecular complexity index is 1190. The van der Waals surface area contributed by atoms with Crippen LogP contribution in [0.25, 0.3) is 16.7 Å². The predicted molar refractivity (Wildman–Crippen MR) is 126 cm³/mol. The van der Waals surface area contributed by atoms with E-state index < -0.39 is 0 Å². The molecule has 1 N–H and O–H groups in total. The Kier molecular flexibility index (Phi) is 6.51. The van der Waals surface area contributed by atoms with Gasteiger partial charge >= 0.3 is 0 Å². The van der Waals surface area contributed by atoms with Crippen molar-refractivity contribution < 1.29 is 9.53 Å². The molecule has 0 aliphatic rings. The van der Waals surface area contributed by atoms with Crippen LogP contribution in [0.2, 0.25) is 0 Å². The number of hydrogen-bond donors (Lipinski definition) is 1. The minimum absolute atomic E-state index is 0.295. The molecule has 2 aromatic heterocycles. The van der Waals surface area contributed by atoms with Crippen LogP contribution in [0.5, 0.6) is 5.75 Å². The third kappa shape index (κ3) is 4.50. The molecule has 2 heterocycles. The van der Waals surface area contributed by atoms with Crippen molar-refractivity contribution in [3.8, 4) is 11.4 Å². The normalized spacial score (nSPS) is 11.2. The number of nitrogens with one attached hydrogen (secondary N) is 1. The summed E-state index contributed by atoms with van der Waals surface area (Å²) in [4.78, 5) is 20.0. The molecule has 0 atom stereocenters. The largest absolute Gasteiger partial charge is 0.497 e. The zero-order valence-corrected chi connectivity index (χ0v) is 18.7. The number of likely N-dealkylation sites (N-methyl/N-ethyl adjacent to an activating group) is 1. The second-order valence-corrected chi connectivity index (χ2v) is 7.40. The first kappa shape index (κ1) is 21.6. The minimum Gasteiger partial charge on any atom is -0.497 e. The van der Waals surface area contributed by atoms with Gasteiger partial charge in [0.15, 0.2) is 5.69 Å². The monoisotopic (exact) mass is 432 g/mol. The molecular weight excluding hydrogens is 404 g/mol. The molecule has 0 saturated carbocycles. The second-order valence-electron chi connectivity index (χ2n) is 7.40. The number of para-hydroxylation sites is 2. The predicted octanol–water partition coefficient (Wildman–Crippen LogP) is 3.82. The fraction of sp³-hybridized carbons (Fsp3) is 0.292. The first-order valence-corrected chi connectivity index (χ1v) is 10.8. The number of fused-ring (bicyclic) bond motifs is 1. The molecule has 4 aromatic rings. The van der Waals surface area contributed by atoms with Crippen LogP contribution in [0.15, 0.2) is 60.8 Å². The van der Waals surface area contributed by atoms with Gasteiger partial charge in [-0.2, -0.15) is 5.10 Å². The van der Waals surface area contributed by atoms with E-state index >= 15 is 0 Å². The summed E-state index contributed by atoms with van der Waals surface area (Å²) >= 11 is 0. The molecule has 0 aliphatic carbocycles. The lowest BCUT2D eigenvalue weighted by atomic mass is 10.3. The maximum atomic E-state index is 13.0. The maximum Gasteiger partial charge on any atom is 0.278 e. The van der Waals surface area contributed by atoms with Gasteiger partial charge in [0, 0.05) is 19.3 Å². The van der Waals surface area contributed by atoms with Gasteiger partial charge in [-0.25, -0.2) is 9.67 Å². The van der Waals surface area contributed by atoms with E-state index in [1.54, 1.807) is 24.1 Å². The summed E-state index contributed by atoms with van der Waals surface area (Å²) < 4.78 is 8.92. The number of carbonyl (C=O) groups is 1. The molecule has 0 saturated heterocycles.